The second-order valence-corrected chi connectivity index (χ2v) is 8.26. The van der Waals surface area contributed by atoms with Crippen molar-refractivity contribution in [1.29, 1.82) is 0 Å². The first kappa shape index (κ1) is 21.7. The van der Waals surface area contributed by atoms with Gasteiger partial charge in [0.1, 0.15) is 5.82 Å². The van der Waals surface area contributed by atoms with Gasteiger partial charge in [0, 0.05) is 32.4 Å². The molecule has 1 aromatic heterocycles. The summed E-state index contributed by atoms with van der Waals surface area (Å²) in [5, 5.41) is 11.9. The van der Waals surface area contributed by atoms with Gasteiger partial charge < -0.3 is 14.8 Å². The van der Waals surface area contributed by atoms with Gasteiger partial charge in [-0.05, 0) is 50.5 Å². The van der Waals surface area contributed by atoms with Crippen molar-refractivity contribution < 1.29 is 18.7 Å². The topological polar surface area (TPSA) is 78.3 Å². The van der Waals surface area contributed by atoms with Crippen molar-refractivity contribution in [3.63, 3.8) is 0 Å². The van der Waals surface area contributed by atoms with Crippen molar-refractivity contribution in [3.05, 3.63) is 30.1 Å². The summed E-state index contributed by atoms with van der Waals surface area (Å²) < 4.78 is 26.1. The number of hydrogen-bond acceptors (Lipinski definition) is 6. The summed E-state index contributed by atoms with van der Waals surface area (Å²) in [5.74, 6) is 0.295. The van der Waals surface area contributed by atoms with Gasteiger partial charge in [0.05, 0.1) is 17.9 Å². The second-order valence-electron chi connectivity index (χ2n) is 6.96. The van der Waals surface area contributed by atoms with Crippen LogP contribution in [-0.4, -0.2) is 58.9 Å². The summed E-state index contributed by atoms with van der Waals surface area (Å²) in [6.45, 7) is 4.38. The highest BCUT2D eigenvalue weighted by molar-refractivity contribution is 8.00. The lowest BCUT2D eigenvalue weighted by atomic mass is 10.2. The van der Waals surface area contributed by atoms with Crippen molar-refractivity contribution in [2.75, 3.05) is 26.9 Å². The maximum Gasteiger partial charge on any atom is 0.233 e. The molecule has 1 aliphatic rings. The third-order valence-corrected chi connectivity index (χ3v) is 5.79. The van der Waals surface area contributed by atoms with Gasteiger partial charge in [-0.15, -0.1) is 10.2 Å². The Labute approximate surface area is 174 Å². The standard InChI is InChI=1S/C20H27FN4O3S/c1-14(19(26)22-10-4-11-27-2)29-20-24-23-18(15-6-8-16(21)9-7-15)25(20)13-17-5-3-12-28-17/h6-9,14,17H,3-5,10-13H2,1-2H3,(H,22,26). The van der Waals surface area contributed by atoms with Crippen LogP contribution >= 0.6 is 11.8 Å². The molecule has 2 unspecified atom stereocenters. The maximum absolute atomic E-state index is 13.3. The Morgan fingerprint density at radius 3 is 2.90 bits per heavy atom. The fourth-order valence-corrected chi connectivity index (χ4v) is 4.01. The number of benzene rings is 1. The number of carbonyl (C=O) groups is 1. The van der Waals surface area contributed by atoms with Crippen LogP contribution in [0.1, 0.15) is 26.2 Å². The van der Waals surface area contributed by atoms with E-state index in [0.717, 1.165) is 31.4 Å². The molecule has 1 N–H and O–H groups in total. The number of halogens is 1. The minimum Gasteiger partial charge on any atom is -0.385 e. The molecule has 9 heteroatoms. The van der Waals surface area contributed by atoms with E-state index in [-0.39, 0.29) is 23.1 Å². The highest BCUT2D eigenvalue weighted by Crippen LogP contribution is 2.29. The molecular weight excluding hydrogens is 395 g/mol. The zero-order chi connectivity index (χ0) is 20.6. The summed E-state index contributed by atoms with van der Waals surface area (Å²) in [7, 11) is 1.64. The number of amides is 1. The van der Waals surface area contributed by atoms with E-state index in [1.807, 2.05) is 11.5 Å². The van der Waals surface area contributed by atoms with E-state index in [1.165, 1.54) is 23.9 Å². The number of aromatic nitrogens is 3. The number of methoxy groups -OCH3 is 1. The van der Waals surface area contributed by atoms with Crippen LogP contribution in [0.4, 0.5) is 4.39 Å². The number of hydrogen-bond donors (Lipinski definition) is 1. The van der Waals surface area contributed by atoms with Crippen molar-refractivity contribution >= 4 is 17.7 Å². The predicted octanol–water partition coefficient (Wildman–Crippen LogP) is 2.90. The lowest BCUT2D eigenvalue weighted by Crippen LogP contribution is -2.32. The van der Waals surface area contributed by atoms with Crippen LogP contribution in [0.5, 0.6) is 0 Å². The van der Waals surface area contributed by atoms with Gasteiger partial charge in [-0.3, -0.25) is 9.36 Å². The molecule has 0 aliphatic carbocycles. The number of nitrogens with one attached hydrogen (secondary N) is 1. The smallest absolute Gasteiger partial charge is 0.233 e. The Morgan fingerprint density at radius 2 is 2.21 bits per heavy atom. The van der Waals surface area contributed by atoms with E-state index in [4.69, 9.17) is 9.47 Å². The Bertz CT molecular complexity index is 794. The number of nitrogens with zero attached hydrogens (tertiary/aromatic N) is 3. The molecule has 0 saturated carbocycles. The fraction of sp³-hybridized carbons (Fsp3) is 0.550. The number of carbonyl (C=O) groups excluding carboxylic acids is 1. The van der Waals surface area contributed by atoms with Gasteiger partial charge in [-0.1, -0.05) is 11.8 Å². The third kappa shape index (κ3) is 6.01. The van der Waals surface area contributed by atoms with Crippen molar-refractivity contribution in [1.82, 2.24) is 20.1 Å². The minimum absolute atomic E-state index is 0.0545. The van der Waals surface area contributed by atoms with Crippen LogP contribution in [0.25, 0.3) is 11.4 Å². The quantitative estimate of drug-likeness (QED) is 0.469. The Kier molecular flexibility index (Phi) is 8.02. The monoisotopic (exact) mass is 422 g/mol. The molecule has 2 heterocycles. The number of rotatable bonds is 10. The summed E-state index contributed by atoms with van der Waals surface area (Å²) in [6, 6.07) is 6.18. The van der Waals surface area contributed by atoms with Crippen LogP contribution in [0.3, 0.4) is 0 Å². The largest absolute Gasteiger partial charge is 0.385 e. The van der Waals surface area contributed by atoms with Gasteiger partial charge >= 0.3 is 0 Å². The Morgan fingerprint density at radius 1 is 1.41 bits per heavy atom. The molecule has 1 saturated heterocycles. The Balaban J connectivity index is 1.74. The van der Waals surface area contributed by atoms with Gasteiger partial charge in [-0.25, -0.2) is 4.39 Å². The molecule has 0 bridgehead atoms. The summed E-state index contributed by atoms with van der Waals surface area (Å²) in [5.41, 5.74) is 0.778. The molecule has 3 rings (SSSR count). The molecular formula is C20H27FN4O3S. The molecule has 0 spiro atoms. The van der Waals surface area contributed by atoms with E-state index in [2.05, 4.69) is 15.5 Å². The first-order chi connectivity index (χ1) is 14.1. The van der Waals surface area contributed by atoms with E-state index in [9.17, 15) is 9.18 Å². The summed E-state index contributed by atoms with van der Waals surface area (Å²) in [4.78, 5) is 12.4. The van der Waals surface area contributed by atoms with Crippen molar-refractivity contribution in [3.8, 4) is 11.4 Å². The van der Waals surface area contributed by atoms with E-state index >= 15 is 0 Å². The average Bonchev–Trinajstić information content (AvgIpc) is 3.37. The molecule has 0 radical (unpaired) electrons. The van der Waals surface area contributed by atoms with E-state index in [0.29, 0.717) is 30.7 Å². The van der Waals surface area contributed by atoms with Crippen LogP contribution in [0, 0.1) is 5.82 Å². The average molecular weight is 423 g/mol. The van der Waals surface area contributed by atoms with Gasteiger partial charge in [-0.2, -0.15) is 0 Å². The number of ether oxygens (including phenoxy) is 2. The molecule has 29 heavy (non-hydrogen) atoms. The van der Waals surface area contributed by atoms with Crippen LogP contribution in [0.15, 0.2) is 29.4 Å². The van der Waals surface area contributed by atoms with Crippen LogP contribution in [-0.2, 0) is 20.8 Å². The molecule has 1 aromatic carbocycles. The minimum atomic E-state index is -0.328. The molecule has 1 amide bonds. The van der Waals surface area contributed by atoms with Gasteiger partial charge in [0.15, 0.2) is 11.0 Å². The van der Waals surface area contributed by atoms with E-state index < -0.39 is 0 Å². The summed E-state index contributed by atoms with van der Waals surface area (Å²) >= 11 is 1.36. The van der Waals surface area contributed by atoms with Crippen molar-refractivity contribution in [2.45, 2.75) is 49.2 Å². The third-order valence-electron chi connectivity index (χ3n) is 4.71. The van der Waals surface area contributed by atoms with Gasteiger partial charge in [0.25, 0.3) is 0 Å². The molecule has 1 fully saturated rings. The highest BCUT2D eigenvalue weighted by Gasteiger charge is 2.24. The van der Waals surface area contributed by atoms with Crippen LogP contribution < -0.4 is 5.32 Å². The van der Waals surface area contributed by atoms with Crippen LogP contribution in [0.2, 0.25) is 0 Å². The zero-order valence-electron chi connectivity index (χ0n) is 16.8. The van der Waals surface area contributed by atoms with E-state index in [1.54, 1.807) is 19.2 Å². The first-order valence-corrected chi connectivity index (χ1v) is 10.7. The predicted molar refractivity (Wildman–Crippen MR) is 109 cm³/mol. The molecule has 2 aromatic rings. The molecule has 2 atom stereocenters. The SMILES string of the molecule is COCCCNC(=O)C(C)Sc1nnc(-c2ccc(F)cc2)n1CC1CCCO1. The second kappa shape index (κ2) is 10.7. The number of thioether (sulfide) groups is 1. The lowest BCUT2D eigenvalue weighted by Gasteiger charge is -2.16. The van der Waals surface area contributed by atoms with Gasteiger partial charge in [0.2, 0.25) is 5.91 Å². The van der Waals surface area contributed by atoms with Crippen molar-refractivity contribution in [2.24, 2.45) is 0 Å². The summed E-state index contributed by atoms with van der Waals surface area (Å²) in [6.07, 6.45) is 2.86. The normalized spacial score (nSPS) is 17.4. The molecule has 158 valence electrons. The molecule has 7 nitrogen and oxygen atoms in total. The lowest BCUT2D eigenvalue weighted by molar-refractivity contribution is -0.120. The highest BCUT2D eigenvalue weighted by atomic mass is 32.2. The zero-order valence-corrected chi connectivity index (χ0v) is 17.6. The molecule has 1 aliphatic heterocycles. The maximum atomic E-state index is 13.3. The first-order valence-electron chi connectivity index (χ1n) is 9.82. The Hall–Kier alpha value is -1.97. The fourth-order valence-electron chi connectivity index (χ4n) is 3.13.